The van der Waals surface area contributed by atoms with E-state index in [9.17, 15) is 10.1 Å². The Morgan fingerprint density at radius 3 is 2.65 bits per heavy atom. The van der Waals surface area contributed by atoms with Crippen LogP contribution in [-0.2, 0) is 6.54 Å². The van der Waals surface area contributed by atoms with Crippen LogP contribution in [0.1, 0.15) is 32.9 Å². The average Bonchev–Trinajstić information content (AvgIpc) is 2.73. The summed E-state index contributed by atoms with van der Waals surface area (Å²) in [5.74, 6) is 0.507. The van der Waals surface area contributed by atoms with Gasteiger partial charge in [0, 0.05) is 25.7 Å². The zero-order valence-electron chi connectivity index (χ0n) is 13.0. The number of hydrogen-bond donors (Lipinski definition) is 1. The molecule has 1 N–H and O–H groups in total. The Balaban J connectivity index is 2.74. The van der Waals surface area contributed by atoms with Gasteiger partial charge in [0.05, 0.1) is 4.92 Å². The zero-order valence-corrected chi connectivity index (χ0v) is 13.0. The van der Waals surface area contributed by atoms with E-state index in [-0.39, 0.29) is 10.6 Å². The van der Waals surface area contributed by atoms with Crippen molar-refractivity contribution in [2.45, 2.75) is 46.7 Å². The van der Waals surface area contributed by atoms with Crippen molar-refractivity contribution in [3.05, 3.63) is 15.8 Å². The molecular formula is C13H25N5O2. The summed E-state index contributed by atoms with van der Waals surface area (Å²) in [6, 6.07) is 0.504. The SMILES string of the molecule is CCC(C)N(C)CCNc1c([N+](=O)[O-])c(C)nn1CC. The number of nitro groups is 1. The largest absolute Gasteiger partial charge is 0.363 e. The predicted octanol–water partition coefficient (Wildman–Crippen LogP) is 2.26. The highest BCUT2D eigenvalue weighted by molar-refractivity contribution is 5.59. The minimum absolute atomic E-state index is 0.0815. The van der Waals surface area contributed by atoms with Gasteiger partial charge in [-0.15, -0.1) is 0 Å². The van der Waals surface area contributed by atoms with E-state index in [1.165, 1.54) is 0 Å². The first-order valence-electron chi connectivity index (χ1n) is 7.08. The summed E-state index contributed by atoms with van der Waals surface area (Å²) in [5, 5.41) is 18.5. The number of hydrogen-bond acceptors (Lipinski definition) is 5. The highest BCUT2D eigenvalue weighted by Crippen LogP contribution is 2.27. The van der Waals surface area contributed by atoms with Crippen LogP contribution in [0.4, 0.5) is 11.5 Å². The maximum atomic E-state index is 11.1. The third kappa shape index (κ3) is 3.69. The molecule has 1 atom stereocenters. The molecule has 1 aromatic heterocycles. The summed E-state index contributed by atoms with van der Waals surface area (Å²) in [7, 11) is 2.06. The van der Waals surface area contributed by atoms with Gasteiger partial charge in [0.2, 0.25) is 5.82 Å². The first kappa shape index (κ1) is 16.4. The number of rotatable bonds is 8. The van der Waals surface area contributed by atoms with Gasteiger partial charge >= 0.3 is 5.69 Å². The van der Waals surface area contributed by atoms with Crippen molar-refractivity contribution in [1.29, 1.82) is 0 Å². The van der Waals surface area contributed by atoms with Crippen molar-refractivity contribution in [2.24, 2.45) is 0 Å². The van der Waals surface area contributed by atoms with Crippen LogP contribution in [0.25, 0.3) is 0 Å². The monoisotopic (exact) mass is 283 g/mol. The molecule has 0 fully saturated rings. The van der Waals surface area contributed by atoms with E-state index in [0.29, 0.717) is 30.6 Å². The molecule has 114 valence electrons. The molecule has 1 rings (SSSR count). The fraction of sp³-hybridized carbons (Fsp3) is 0.769. The van der Waals surface area contributed by atoms with Crippen LogP contribution in [0.2, 0.25) is 0 Å². The van der Waals surface area contributed by atoms with E-state index in [2.05, 4.69) is 36.2 Å². The van der Waals surface area contributed by atoms with Gasteiger partial charge in [-0.2, -0.15) is 5.10 Å². The van der Waals surface area contributed by atoms with E-state index < -0.39 is 0 Å². The molecular weight excluding hydrogens is 258 g/mol. The molecule has 1 aromatic rings. The van der Waals surface area contributed by atoms with E-state index in [1.54, 1.807) is 11.6 Å². The predicted molar refractivity (Wildman–Crippen MR) is 80.2 cm³/mol. The third-order valence-corrected chi connectivity index (χ3v) is 3.68. The second kappa shape index (κ2) is 7.23. The quantitative estimate of drug-likeness (QED) is 0.585. The second-order valence-electron chi connectivity index (χ2n) is 5.02. The minimum Gasteiger partial charge on any atom is -0.363 e. The van der Waals surface area contributed by atoms with Crippen LogP contribution < -0.4 is 5.32 Å². The normalized spacial score (nSPS) is 12.7. The van der Waals surface area contributed by atoms with E-state index in [1.807, 2.05) is 6.92 Å². The molecule has 0 saturated heterocycles. The van der Waals surface area contributed by atoms with Gasteiger partial charge in [-0.1, -0.05) is 6.92 Å². The smallest absolute Gasteiger partial charge is 0.333 e. The summed E-state index contributed by atoms with van der Waals surface area (Å²) in [6.07, 6.45) is 1.09. The van der Waals surface area contributed by atoms with E-state index >= 15 is 0 Å². The van der Waals surface area contributed by atoms with E-state index in [0.717, 1.165) is 13.0 Å². The van der Waals surface area contributed by atoms with Crippen LogP contribution in [-0.4, -0.2) is 45.8 Å². The Kier molecular flexibility index (Phi) is 5.94. The van der Waals surface area contributed by atoms with Gasteiger partial charge in [0.15, 0.2) is 0 Å². The average molecular weight is 283 g/mol. The number of aromatic nitrogens is 2. The molecule has 0 aliphatic heterocycles. The van der Waals surface area contributed by atoms with Crippen LogP contribution in [0.5, 0.6) is 0 Å². The van der Waals surface area contributed by atoms with Crippen LogP contribution in [0.15, 0.2) is 0 Å². The number of anilines is 1. The number of nitrogens with zero attached hydrogens (tertiary/aromatic N) is 4. The van der Waals surface area contributed by atoms with Gasteiger partial charge in [0.1, 0.15) is 5.69 Å². The van der Waals surface area contributed by atoms with Crippen molar-refractivity contribution in [1.82, 2.24) is 14.7 Å². The lowest BCUT2D eigenvalue weighted by atomic mass is 10.2. The maximum absolute atomic E-state index is 11.1. The van der Waals surface area contributed by atoms with Crippen molar-refractivity contribution in [3.8, 4) is 0 Å². The van der Waals surface area contributed by atoms with Gasteiger partial charge < -0.3 is 10.2 Å². The molecule has 0 radical (unpaired) electrons. The minimum atomic E-state index is -0.366. The summed E-state index contributed by atoms with van der Waals surface area (Å²) in [6.45, 7) is 10.0. The lowest BCUT2D eigenvalue weighted by Crippen LogP contribution is -2.33. The summed E-state index contributed by atoms with van der Waals surface area (Å²) in [5.41, 5.74) is 0.535. The Morgan fingerprint density at radius 2 is 2.15 bits per heavy atom. The number of aryl methyl sites for hydroxylation is 2. The number of likely N-dealkylation sites (N-methyl/N-ethyl adjacent to an activating group) is 1. The molecule has 1 heterocycles. The Morgan fingerprint density at radius 1 is 1.50 bits per heavy atom. The molecule has 0 spiro atoms. The highest BCUT2D eigenvalue weighted by Gasteiger charge is 2.24. The molecule has 1 unspecified atom stereocenters. The molecule has 0 bridgehead atoms. The summed E-state index contributed by atoms with van der Waals surface area (Å²) >= 11 is 0. The standard InChI is InChI=1S/C13H25N5O2/c1-6-10(3)16(5)9-8-14-13-12(18(19)20)11(4)15-17(13)7-2/h10,14H,6-9H2,1-5H3. The van der Waals surface area contributed by atoms with Gasteiger partial charge in [-0.25, -0.2) is 4.68 Å². The van der Waals surface area contributed by atoms with Crippen molar-refractivity contribution in [3.63, 3.8) is 0 Å². The Labute approximate surface area is 120 Å². The van der Waals surface area contributed by atoms with Crippen LogP contribution in [0, 0.1) is 17.0 Å². The first-order valence-corrected chi connectivity index (χ1v) is 7.08. The van der Waals surface area contributed by atoms with Gasteiger partial charge in [0.25, 0.3) is 0 Å². The summed E-state index contributed by atoms with van der Waals surface area (Å²) in [4.78, 5) is 13.0. The second-order valence-corrected chi connectivity index (χ2v) is 5.02. The van der Waals surface area contributed by atoms with Crippen LogP contribution >= 0.6 is 0 Å². The molecule has 7 nitrogen and oxygen atoms in total. The molecule has 7 heteroatoms. The molecule has 0 aliphatic carbocycles. The Hall–Kier alpha value is -1.63. The van der Waals surface area contributed by atoms with Crippen molar-refractivity contribution < 1.29 is 4.92 Å². The summed E-state index contributed by atoms with van der Waals surface area (Å²) < 4.78 is 1.65. The molecule has 20 heavy (non-hydrogen) atoms. The third-order valence-electron chi connectivity index (χ3n) is 3.68. The maximum Gasteiger partial charge on any atom is 0.333 e. The lowest BCUT2D eigenvalue weighted by Gasteiger charge is -2.23. The van der Waals surface area contributed by atoms with Gasteiger partial charge in [-0.05, 0) is 34.2 Å². The Bertz CT molecular complexity index is 458. The molecule has 0 aliphatic rings. The molecule has 0 amide bonds. The fourth-order valence-electron chi connectivity index (χ4n) is 2.08. The van der Waals surface area contributed by atoms with Crippen molar-refractivity contribution in [2.75, 3.05) is 25.5 Å². The topological polar surface area (TPSA) is 76.2 Å². The molecule has 0 aromatic carbocycles. The molecule has 0 saturated carbocycles. The first-order chi connectivity index (χ1) is 9.42. The van der Waals surface area contributed by atoms with Crippen LogP contribution in [0.3, 0.4) is 0 Å². The lowest BCUT2D eigenvalue weighted by molar-refractivity contribution is -0.384. The zero-order chi connectivity index (χ0) is 15.3. The van der Waals surface area contributed by atoms with Crippen molar-refractivity contribution >= 4 is 11.5 Å². The van der Waals surface area contributed by atoms with Gasteiger partial charge in [-0.3, -0.25) is 10.1 Å². The number of nitrogens with one attached hydrogen (secondary N) is 1. The highest BCUT2D eigenvalue weighted by atomic mass is 16.6. The van der Waals surface area contributed by atoms with E-state index in [4.69, 9.17) is 0 Å². The fourth-order valence-corrected chi connectivity index (χ4v) is 2.08.